The van der Waals surface area contributed by atoms with Crippen LogP contribution in [0.2, 0.25) is 0 Å². The van der Waals surface area contributed by atoms with Crippen LogP contribution in [0.15, 0.2) is 29.2 Å². The molecule has 0 saturated carbocycles. The van der Waals surface area contributed by atoms with E-state index in [1.807, 2.05) is 0 Å². The lowest BCUT2D eigenvalue weighted by Gasteiger charge is -2.35. The number of amides is 2. The minimum atomic E-state index is -0.826. The summed E-state index contributed by atoms with van der Waals surface area (Å²) in [7, 11) is 4.83. The van der Waals surface area contributed by atoms with Gasteiger partial charge in [-0.2, -0.15) is 0 Å². The first-order valence-corrected chi connectivity index (χ1v) is 9.37. The maximum Gasteiger partial charge on any atom is 0.261 e. The van der Waals surface area contributed by atoms with Gasteiger partial charge in [0.25, 0.3) is 5.91 Å². The topological polar surface area (TPSA) is 113 Å². The van der Waals surface area contributed by atoms with Crippen LogP contribution in [0.4, 0.5) is 0 Å². The van der Waals surface area contributed by atoms with Crippen molar-refractivity contribution in [2.75, 3.05) is 20.8 Å². The minimum absolute atomic E-state index is 0.0656. The van der Waals surface area contributed by atoms with Crippen molar-refractivity contribution in [2.45, 2.75) is 25.9 Å². The number of hydrogen-bond donors (Lipinski definition) is 1. The van der Waals surface area contributed by atoms with Gasteiger partial charge in [-0.25, -0.2) is 0 Å². The van der Waals surface area contributed by atoms with Gasteiger partial charge in [0.15, 0.2) is 23.9 Å². The zero-order valence-corrected chi connectivity index (χ0v) is 17.4. The molecule has 1 aliphatic rings. The van der Waals surface area contributed by atoms with Crippen molar-refractivity contribution in [1.82, 2.24) is 9.47 Å². The van der Waals surface area contributed by atoms with Crippen LogP contribution in [0.5, 0.6) is 17.2 Å². The number of carbonyl (C=O) groups is 2. The molecular weight excluding hydrogens is 390 g/mol. The van der Waals surface area contributed by atoms with E-state index < -0.39 is 17.9 Å². The first-order chi connectivity index (χ1) is 14.2. The van der Waals surface area contributed by atoms with Gasteiger partial charge in [0.1, 0.15) is 6.04 Å². The highest BCUT2D eigenvalue weighted by molar-refractivity contribution is 5.88. The number of hydrogen-bond acceptors (Lipinski definition) is 6. The van der Waals surface area contributed by atoms with Crippen LogP contribution >= 0.6 is 0 Å². The molecule has 0 radical (unpaired) electrons. The lowest BCUT2D eigenvalue weighted by molar-refractivity contribution is -0.142. The smallest absolute Gasteiger partial charge is 0.261 e. The van der Waals surface area contributed by atoms with Crippen LogP contribution in [0, 0.1) is 6.92 Å². The number of carbonyl (C=O) groups excluding carboxylic acids is 2. The summed E-state index contributed by atoms with van der Waals surface area (Å²) >= 11 is 0. The number of pyridine rings is 1. The van der Waals surface area contributed by atoms with Crippen LogP contribution in [-0.4, -0.2) is 48.1 Å². The Bertz CT molecular complexity index is 1050. The first-order valence-electron chi connectivity index (χ1n) is 9.37. The number of primary amides is 1. The molecule has 2 heterocycles. The summed E-state index contributed by atoms with van der Waals surface area (Å²) in [5, 5.41) is 0. The average molecular weight is 415 g/mol. The van der Waals surface area contributed by atoms with Gasteiger partial charge in [0.05, 0.1) is 14.2 Å². The van der Waals surface area contributed by atoms with E-state index in [1.165, 1.54) is 31.4 Å². The zero-order valence-electron chi connectivity index (χ0n) is 17.4. The van der Waals surface area contributed by atoms with E-state index in [1.54, 1.807) is 30.7 Å². The second kappa shape index (κ2) is 8.48. The van der Waals surface area contributed by atoms with E-state index in [0.717, 1.165) is 16.8 Å². The van der Waals surface area contributed by atoms with Gasteiger partial charge in [-0.1, -0.05) is 0 Å². The Labute approximate surface area is 173 Å². The van der Waals surface area contributed by atoms with E-state index in [-0.39, 0.29) is 30.8 Å². The Morgan fingerprint density at radius 1 is 1.10 bits per heavy atom. The number of rotatable bonds is 6. The van der Waals surface area contributed by atoms with E-state index in [0.29, 0.717) is 11.5 Å². The van der Waals surface area contributed by atoms with Gasteiger partial charge >= 0.3 is 0 Å². The second-order valence-electron chi connectivity index (χ2n) is 7.16. The lowest BCUT2D eigenvalue weighted by Crippen LogP contribution is -2.52. The quantitative estimate of drug-likeness (QED) is 0.736. The molecule has 9 nitrogen and oxygen atoms in total. The summed E-state index contributed by atoms with van der Waals surface area (Å²) in [5.74, 6) is 0.0751. The van der Waals surface area contributed by atoms with Gasteiger partial charge in [-0.05, 0) is 30.2 Å². The molecule has 30 heavy (non-hydrogen) atoms. The van der Waals surface area contributed by atoms with Crippen LogP contribution in [0.1, 0.15) is 16.8 Å². The third kappa shape index (κ3) is 4.10. The van der Waals surface area contributed by atoms with E-state index in [9.17, 15) is 14.4 Å². The highest BCUT2D eigenvalue weighted by Gasteiger charge is 2.34. The molecule has 0 bridgehead atoms. The predicted octanol–water partition coefficient (Wildman–Crippen LogP) is 0.529. The Morgan fingerprint density at radius 2 is 1.73 bits per heavy atom. The number of nitrogens with two attached hydrogens (primary N) is 1. The number of benzene rings is 1. The number of ether oxygens (including phenoxy) is 3. The van der Waals surface area contributed by atoms with Gasteiger partial charge < -0.3 is 29.4 Å². The summed E-state index contributed by atoms with van der Waals surface area (Å²) in [4.78, 5) is 38.4. The van der Waals surface area contributed by atoms with Gasteiger partial charge in [0.2, 0.25) is 11.3 Å². The maximum atomic E-state index is 12.9. The molecule has 0 aliphatic carbocycles. The van der Waals surface area contributed by atoms with E-state index >= 15 is 0 Å². The van der Waals surface area contributed by atoms with Crippen LogP contribution in [0.25, 0.3) is 0 Å². The summed E-state index contributed by atoms with van der Waals surface area (Å²) in [6, 6.07) is 4.18. The number of aryl methyl sites for hydroxylation is 2. The fourth-order valence-corrected chi connectivity index (χ4v) is 3.46. The van der Waals surface area contributed by atoms with Gasteiger partial charge in [0, 0.05) is 38.0 Å². The van der Waals surface area contributed by atoms with Crippen molar-refractivity contribution in [3.05, 3.63) is 51.4 Å². The van der Waals surface area contributed by atoms with Crippen LogP contribution < -0.4 is 25.4 Å². The van der Waals surface area contributed by atoms with Crippen molar-refractivity contribution in [1.29, 1.82) is 0 Å². The standard InChI is InChI=1S/C21H25N3O6/c1-12-5-16(25)19(10-23(12)2)30-11-20(26)24-9-14-8-18(29-4)17(28-3)7-13(14)6-15(24)21(22)27/h5,7-8,10,15H,6,9,11H2,1-4H3,(H2,22,27)/t15-/m0/s1. The molecule has 0 saturated heterocycles. The Morgan fingerprint density at radius 3 is 2.33 bits per heavy atom. The molecule has 1 aromatic heterocycles. The highest BCUT2D eigenvalue weighted by atomic mass is 16.5. The largest absolute Gasteiger partial charge is 0.493 e. The molecule has 0 unspecified atom stereocenters. The molecule has 160 valence electrons. The number of fused-ring (bicyclic) bond motifs is 1. The van der Waals surface area contributed by atoms with Gasteiger partial charge in [-0.3, -0.25) is 14.4 Å². The molecule has 1 aromatic carbocycles. The number of methoxy groups -OCH3 is 2. The van der Waals surface area contributed by atoms with Crippen molar-refractivity contribution in [3.63, 3.8) is 0 Å². The first kappa shape index (κ1) is 21.2. The molecule has 3 rings (SSSR count). The third-order valence-electron chi connectivity index (χ3n) is 5.29. The normalized spacial score (nSPS) is 15.3. The number of aromatic nitrogens is 1. The van der Waals surface area contributed by atoms with Gasteiger partial charge in [-0.15, -0.1) is 0 Å². The average Bonchev–Trinajstić information content (AvgIpc) is 2.72. The molecule has 0 spiro atoms. The molecule has 1 atom stereocenters. The Balaban J connectivity index is 1.83. The predicted molar refractivity (Wildman–Crippen MR) is 109 cm³/mol. The molecular formula is C21H25N3O6. The lowest BCUT2D eigenvalue weighted by atomic mass is 9.92. The fraction of sp³-hybridized carbons (Fsp3) is 0.381. The van der Waals surface area contributed by atoms with Crippen molar-refractivity contribution in [2.24, 2.45) is 12.8 Å². The van der Waals surface area contributed by atoms with Crippen LogP contribution in [0.3, 0.4) is 0 Å². The minimum Gasteiger partial charge on any atom is -0.493 e. The van der Waals surface area contributed by atoms with Crippen molar-refractivity contribution < 1.29 is 23.8 Å². The molecule has 2 N–H and O–H groups in total. The van der Waals surface area contributed by atoms with E-state index in [4.69, 9.17) is 19.9 Å². The summed E-state index contributed by atoms with van der Waals surface area (Å²) in [5.41, 5.74) is 7.70. The Kier molecular flexibility index (Phi) is 6.00. The third-order valence-corrected chi connectivity index (χ3v) is 5.29. The molecule has 2 aromatic rings. The maximum absolute atomic E-state index is 12.9. The summed E-state index contributed by atoms with van der Waals surface area (Å²) in [6.07, 6.45) is 1.78. The highest BCUT2D eigenvalue weighted by Crippen LogP contribution is 2.34. The van der Waals surface area contributed by atoms with Crippen molar-refractivity contribution in [3.8, 4) is 17.2 Å². The van der Waals surface area contributed by atoms with Crippen molar-refractivity contribution >= 4 is 11.8 Å². The molecule has 2 amide bonds. The second-order valence-corrected chi connectivity index (χ2v) is 7.16. The Hall–Kier alpha value is -3.49. The molecule has 0 fully saturated rings. The summed E-state index contributed by atoms with van der Waals surface area (Å²) < 4.78 is 17.8. The molecule has 1 aliphatic heterocycles. The SMILES string of the molecule is COc1cc2c(cc1OC)CN(C(=O)COc1cn(C)c(C)cc1=O)[C@H](C(N)=O)C2. The van der Waals surface area contributed by atoms with Crippen LogP contribution in [-0.2, 0) is 29.6 Å². The fourth-order valence-electron chi connectivity index (χ4n) is 3.46. The summed E-state index contributed by atoms with van der Waals surface area (Å²) in [6.45, 7) is 1.57. The monoisotopic (exact) mass is 415 g/mol. The molecule has 9 heteroatoms. The van der Waals surface area contributed by atoms with E-state index in [2.05, 4.69) is 0 Å². The number of nitrogens with zero attached hydrogens (tertiary/aromatic N) is 2. The zero-order chi connectivity index (χ0) is 22.0.